The number of nitrogen functional groups attached to an aromatic ring is 1. The molecule has 1 heterocycles. The van der Waals surface area contributed by atoms with Crippen LogP contribution in [-0.4, -0.2) is 19.7 Å². The quantitative estimate of drug-likeness (QED) is 0.880. The maximum atomic E-state index is 13.1. The molecule has 1 aliphatic heterocycles. The van der Waals surface area contributed by atoms with Gasteiger partial charge in [-0.15, -0.1) is 0 Å². The Balaban J connectivity index is 1.60. The Labute approximate surface area is 121 Å². The summed E-state index contributed by atoms with van der Waals surface area (Å²) in [6, 6.07) is 9.46. The van der Waals surface area contributed by atoms with Crippen LogP contribution in [0.4, 0.5) is 20.2 Å². The number of rotatable bonds is 4. The summed E-state index contributed by atoms with van der Waals surface area (Å²) in [5.74, 6) is -1.43. The molecule has 0 saturated carbocycles. The zero-order chi connectivity index (χ0) is 14.8. The van der Waals surface area contributed by atoms with Crippen LogP contribution in [0.3, 0.4) is 0 Å². The van der Waals surface area contributed by atoms with E-state index in [1.54, 1.807) is 0 Å². The van der Waals surface area contributed by atoms with Crippen molar-refractivity contribution in [1.82, 2.24) is 0 Å². The molecule has 2 aromatic carbocycles. The summed E-state index contributed by atoms with van der Waals surface area (Å²) in [6.07, 6.45) is 0.987. The standard InChI is InChI=1S/C16H16F2N2O/c17-14-4-3-13(10-15(14)18)21-8-7-20-6-5-11-1-2-12(19)9-16(11)20/h1-4,9-10H,5-8,19H2. The molecule has 0 fully saturated rings. The molecule has 0 amide bonds. The number of anilines is 2. The van der Waals surface area contributed by atoms with E-state index in [-0.39, 0.29) is 0 Å². The normalized spacial score (nSPS) is 13.3. The van der Waals surface area contributed by atoms with Crippen LogP contribution in [-0.2, 0) is 6.42 Å². The van der Waals surface area contributed by atoms with Crippen molar-refractivity contribution in [1.29, 1.82) is 0 Å². The monoisotopic (exact) mass is 290 g/mol. The van der Waals surface area contributed by atoms with Crippen LogP contribution in [0.15, 0.2) is 36.4 Å². The molecule has 1 aliphatic rings. The first-order valence-corrected chi connectivity index (χ1v) is 6.85. The van der Waals surface area contributed by atoms with E-state index in [1.165, 1.54) is 11.6 Å². The first kappa shape index (κ1) is 13.7. The summed E-state index contributed by atoms with van der Waals surface area (Å²) in [7, 11) is 0. The van der Waals surface area contributed by atoms with Gasteiger partial charge in [-0.25, -0.2) is 8.78 Å². The Morgan fingerprint density at radius 2 is 1.95 bits per heavy atom. The van der Waals surface area contributed by atoms with Gasteiger partial charge in [-0.1, -0.05) is 6.07 Å². The van der Waals surface area contributed by atoms with E-state index in [0.29, 0.717) is 18.9 Å². The van der Waals surface area contributed by atoms with Crippen LogP contribution in [0.5, 0.6) is 5.75 Å². The van der Waals surface area contributed by atoms with Crippen LogP contribution >= 0.6 is 0 Å². The summed E-state index contributed by atoms with van der Waals surface area (Å²) in [4.78, 5) is 2.19. The van der Waals surface area contributed by atoms with Crippen molar-refractivity contribution in [2.24, 2.45) is 0 Å². The van der Waals surface area contributed by atoms with Gasteiger partial charge in [-0.2, -0.15) is 0 Å². The fourth-order valence-corrected chi connectivity index (χ4v) is 2.54. The molecule has 3 rings (SSSR count). The van der Waals surface area contributed by atoms with E-state index in [4.69, 9.17) is 10.5 Å². The number of nitrogens with zero attached hydrogens (tertiary/aromatic N) is 1. The zero-order valence-corrected chi connectivity index (χ0v) is 11.5. The molecule has 0 bridgehead atoms. The highest BCUT2D eigenvalue weighted by atomic mass is 19.2. The van der Waals surface area contributed by atoms with Crippen LogP contribution in [0.2, 0.25) is 0 Å². The Morgan fingerprint density at radius 3 is 2.76 bits per heavy atom. The van der Waals surface area contributed by atoms with Crippen molar-refractivity contribution < 1.29 is 13.5 Å². The lowest BCUT2D eigenvalue weighted by Crippen LogP contribution is -2.26. The number of nitrogens with two attached hydrogens (primary N) is 1. The number of benzene rings is 2. The van der Waals surface area contributed by atoms with Gasteiger partial charge in [0, 0.05) is 24.0 Å². The van der Waals surface area contributed by atoms with Gasteiger partial charge < -0.3 is 15.4 Å². The Morgan fingerprint density at radius 1 is 1.10 bits per heavy atom. The molecule has 2 N–H and O–H groups in total. The highest BCUT2D eigenvalue weighted by Crippen LogP contribution is 2.29. The molecular weight excluding hydrogens is 274 g/mol. The lowest BCUT2D eigenvalue weighted by molar-refractivity contribution is 0.321. The molecule has 110 valence electrons. The third-order valence-electron chi connectivity index (χ3n) is 3.62. The van der Waals surface area contributed by atoms with E-state index in [1.807, 2.05) is 18.2 Å². The minimum absolute atomic E-state index is 0.334. The van der Waals surface area contributed by atoms with Crippen LogP contribution in [0.25, 0.3) is 0 Å². The average Bonchev–Trinajstić information content (AvgIpc) is 2.85. The fraction of sp³-hybridized carbons (Fsp3) is 0.250. The molecular formula is C16H16F2N2O. The second-order valence-corrected chi connectivity index (χ2v) is 5.05. The maximum absolute atomic E-state index is 13.1. The Hall–Kier alpha value is -2.30. The van der Waals surface area contributed by atoms with Crippen molar-refractivity contribution in [2.75, 3.05) is 30.3 Å². The second kappa shape index (κ2) is 5.60. The third-order valence-corrected chi connectivity index (χ3v) is 3.62. The number of ether oxygens (including phenoxy) is 1. The Kier molecular flexibility index (Phi) is 3.64. The molecule has 0 spiro atoms. The van der Waals surface area contributed by atoms with Gasteiger partial charge in [-0.3, -0.25) is 0 Å². The molecule has 2 aromatic rings. The average molecular weight is 290 g/mol. The predicted octanol–water partition coefficient (Wildman–Crippen LogP) is 2.99. The predicted molar refractivity (Wildman–Crippen MR) is 78.6 cm³/mol. The first-order valence-electron chi connectivity index (χ1n) is 6.85. The molecule has 5 heteroatoms. The fourth-order valence-electron chi connectivity index (χ4n) is 2.54. The lowest BCUT2D eigenvalue weighted by Gasteiger charge is -2.19. The topological polar surface area (TPSA) is 38.5 Å². The first-order chi connectivity index (χ1) is 10.1. The highest BCUT2D eigenvalue weighted by molar-refractivity contribution is 5.64. The summed E-state index contributed by atoms with van der Waals surface area (Å²) in [5, 5.41) is 0. The van der Waals surface area contributed by atoms with Gasteiger partial charge in [-0.05, 0) is 36.2 Å². The van der Waals surface area contributed by atoms with Crippen LogP contribution < -0.4 is 15.4 Å². The largest absolute Gasteiger partial charge is 0.492 e. The van der Waals surface area contributed by atoms with E-state index in [9.17, 15) is 8.78 Å². The molecule has 3 nitrogen and oxygen atoms in total. The zero-order valence-electron chi connectivity index (χ0n) is 11.5. The smallest absolute Gasteiger partial charge is 0.162 e. The number of hydrogen-bond acceptors (Lipinski definition) is 3. The second-order valence-electron chi connectivity index (χ2n) is 5.05. The maximum Gasteiger partial charge on any atom is 0.162 e. The number of fused-ring (bicyclic) bond motifs is 1. The van der Waals surface area contributed by atoms with Crippen LogP contribution in [0.1, 0.15) is 5.56 Å². The van der Waals surface area contributed by atoms with Crippen molar-refractivity contribution in [2.45, 2.75) is 6.42 Å². The van der Waals surface area contributed by atoms with E-state index < -0.39 is 11.6 Å². The van der Waals surface area contributed by atoms with Crippen LogP contribution in [0, 0.1) is 11.6 Å². The van der Waals surface area contributed by atoms with Gasteiger partial charge in [0.2, 0.25) is 0 Å². The molecule has 0 unspecified atom stereocenters. The summed E-state index contributed by atoms with van der Waals surface area (Å²) in [6.45, 7) is 1.99. The third kappa shape index (κ3) is 2.91. The SMILES string of the molecule is Nc1ccc2c(c1)N(CCOc1ccc(F)c(F)c1)CC2. The molecule has 0 aliphatic carbocycles. The summed E-state index contributed by atoms with van der Waals surface area (Å²) in [5.41, 5.74) is 8.95. The van der Waals surface area contributed by atoms with Gasteiger partial charge >= 0.3 is 0 Å². The van der Waals surface area contributed by atoms with Crippen molar-refractivity contribution in [3.8, 4) is 5.75 Å². The molecule has 0 aromatic heterocycles. The number of hydrogen-bond donors (Lipinski definition) is 1. The van der Waals surface area contributed by atoms with Crippen molar-refractivity contribution >= 4 is 11.4 Å². The van der Waals surface area contributed by atoms with E-state index in [2.05, 4.69) is 4.90 Å². The molecule has 0 atom stereocenters. The Bertz CT molecular complexity index is 661. The van der Waals surface area contributed by atoms with Crippen molar-refractivity contribution in [3.63, 3.8) is 0 Å². The molecule has 0 radical (unpaired) electrons. The summed E-state index contributed by atoms with van der Waals surface area (Å²) < 4.78 is 31.4. The van der Waals surface area contributed by atoms with E-state index in [0.717, 1.165) is 36.5 Å². The van der Waals surface area contributed by atoms with Gasteiger partial charge in [0.15, 0.2) is 11.6 Å². The molecule has 0 saturated heterocycles. The molecule has 21 heavy (non-hydrogen) atoms. The van der Waals surface area contributed by atoms with Gasteiger partial charge in [0.05, 0.1) is 6.54 Å². The van der Waals surface area contributed by atoms with Crippen molar-refractivity contribution in [3.05, 3.63) is 53.6 Å². The lowest BCUT2D eigenvalue weighted by atomic mass is 10.1. The minimum Gasteiger partial charge on any atom is -0.492 e. The van der Waals surface area contributed by atoms with Gasteiger partial charge in [0.25, 0.3) is 0 Å². The highest BCUT2D eigenvalue weighted by Gasteiger charge is 2.18. The number of halogens is 2. The summed E-state index contributed by atoms with van der Waals surface area (Å²) >= 11 is 0. The van der Waals surface area contributed by atoms with E-state index >= 15 is 0 Å². The van der Waals surface area contributed by atoms with Gasteiger partial charge in [0.1, 0.15) is 12.4 Å². The minimum atomic E-state index is -0.896.